The summed E-state index contributed by atoms with van der Waals surface area (Å²) in [7, 11) is 0. The highest BCUT2D eigenvalue weighted by Gasteiger charge is 2.23. The van der Waals surface area contributed by atoms with E-state index in [0.717, 1.165) is 76.9 Å². The molecule has 278 valence electrons. The van der Waals surface area contributed by atoms with Gasteiger partial charge in [0.2, 0.25) is 0 Å². The van der Waals surface area contributed by atoms with E-state index < -0.39 is 0 Å². The number of furan rings is 1. The molecule has 10 aromatic carbocycles. The van der Waals surface area contributed by atoms with Gasteiger partial charge in [0, 0.05) is 38.2 Å². The number of fused-ring (bicyclic) bond motifs is 11. The van der Waals surface area contributed by atoms with Gasteiger partial charge in [-0.1, -0.05) is 146 Å². The van der Waals surface area contributed by atoms with Crippen LogP contribution in [0.4, 0.5) is 0 Å². The number of hydrogen-bond donors (Lipinski definition) is 0. The summed E-state index contributed by atoms with van der Waals surface area (Å²) in [6.07, 6.45) is 0. The summed E-state index contributed by atoms with van der Waals surface area (Å²) in [6, 6.07) is 68.7. The van der Waals surface area contributed by atoms with E-state index in [1.165, 1.54) is 32.3 Å². The van der Waals surface area contributed by atoms with Gasteiger partial charge in [0.1, 0.15) is 5.58 Å². The molecular weight excluding hydrogens is 733 g/mol. The molecule has 0 aliphatic rings. The Morgan fingerprint density at radius 1 is 0.333 bits per heavy atom. The van der Waals surface area contributed by atoms with E-state index in [0.29, 0.717) is 17.5 Å². The third-order valence-corrected chi connectivity index (χ3v) is 12.1. The van der Waals surface area contributed by atoms with Crippen LogP contribution in [0, 0.1) is 0 Å². The number of rotatable bonds is 4. The van der Waals surface area contributed by atoms with E-state index in [-0.39, 0.29) is 0 Å². The number of para-hydroxylation sites is 1. The zero-order valence-electron chi connectivity index (χ0n) is 32.2. The Balaban J connectivity index is 1.15. The Hall–Kier alpha value is -8.15. The quantitative estimate of drug-likeness (QED) is 0.179. The Kier molecular flexibility index (Phi) is 6.95. The smallest absolute Gasteiger partial charge is 0.164 e. The van der Waals surface area contributed by atoms with Gasteiger partial charge in [-0.05, 0) is 91.6 Å². The lowest BCUT2D eigenvalue weighted by Crippen LogP contribution is -2.01. The van der Waals surface area contributed by atoms with Crippen molar-refractivity contribution in [3.8, 4) is 39.9 Å². The summed E-state index contributed by atoms with van der Waals surface area (Å²) in [4.78, 5) is 15.8. The molecular formula is C55H32N4O. The van der Waals surface area contributed by atoms with Crippen molar-refractivity contribution in [3.05, 3.63) is 194 Å². The van der Waals surface area contributed by atoms with Crippen LogP contribution in [0.5, 0.6) is 0 Å². The zero-order valence-corrected chi connectivity index (χ0v) is 32.2. The molecule has 0 saturated heterocycles. The molecule has 5 heteroatoms. The van der Waals surface area contributed by atoms with Crippen LogP contribution in [-0.4, -0.2) is 19.5 Å². The van der Waals surface area contributed by atoms with Crippen LogP contribution in [0.25, 0.3) is 127 Å². The van der Waals surface area contributed by atoms with Gasteiger partial charge in [-0.3, -0.25) is 0 Å². The lowest BCUT2D eigenvalue weighted by Gasteiger charge is -2.13. The molecule has 0 bridgehead atoms. The van der Waals surface area contributed by atoms with Crippen LogP contribution in [0.1, 0.15) is 0 Å². The maximum absolute atomic E-state index is 6.99. The van der Waals surface area contributed by atoms with E-state index in [9.17, 15) is 0 Å². The molecule has 0 aliphatic heterocycles. The summed E-state index contributed by atoms with van der Waals surface area (Å²) < 4.78 is 9.35. The van der Waals surface area contributed by atoms with Gasteiger partial charge in [-0.15, -0.1) is 0 Å². The minimum absolute atomic E-state index is 0.584. The number of hydrogen-bond acceptors (Lipinski definition) is 4. The van der Waals surface area contributed by atoms with Crippen LogP contribution >= 0.6 is 0 Å². The van der Waals surface area contributed by atoms with Crippen molar-refractivity contribution in [1.29, 1.82) is 0 Å². The Bertz CT molecular complexity index is 3820. The molecule has 0 amide bonds. The van der Waals surface area contributed by atoms with E-state index in [2.05, 4.69) is 199 Å². The third-order valence-electron chi connectivity index (χ3n) is 12.1. The van der Waals surface area contributed by atoms with Gasteiger partial charge in [-0.2, -0.15) is 0 Å². The normalized spacial score (nSPS) is 12.0. The fourth-order valence-corrected chi connectivity index (χ4v) is 9.26. The molecule has 0 atom stereocenters. The van der Waals surface area contributed by atoms with Crippen LogP contribution in [0.3, 0.4) is 0 Å². The maximum atomic E-state index is 6.99. The molecule has 3 heterocycles. The molecule has 0 N–H and O–H groups in total. The molecule has 0 fully saturated rings. The monoisotopic (exact) mass is 764 g/mol. The topological polar surface area (TPSA) is 56.7 Å². The predicted molar refractivity (Wildman–Crippen MR) is 248 cm³/mol. The first kappa shape index (κ1) is 32.9. The van der Waals surface area contributed by atoms with Crippen molar-refractivity contribution >= 4 is 86.8 Å². The standard InChI is InChI=1S/C55H32N4O/c1-3-14-36-27-40(23-21-33(36)11-1)53-56-54(41-24-22-34-12-2-4-15-37(34)28-41)58-55(57-53)42-30-46-51-43-18-8-7-13-35(43)25-26-50(51)60-52(46)49(32-42)59-47-20-10-9-19-44(47)45-29-38-16-5-6-17-39(38)31-48(45)59/h1-32H. The molecule has 13 rings (SSSR count). The number of benzene rings is 10. The van der Waals surface area contributed by atoms with Gasteiger partial charge in [0.25, 0.3) is 0 Å². The molecule has 0 spiro atoms. The SMILES string of the molecule is c1ccc2cc(-c3nc(-c4ccc5ccccc5c4)nc(-c4cc(-n5c6ccccc6c6cc7ccccc7cc65)c5oc6ccc7ccccc7c6c5c4)n3)ccc2c1. The first-order valence-electron chi connectivity index (χ1n) is 20.3. The molecule has 0 saturated carbocycles. The van der Waals surface area contributed by atoms with Crippen LogP contribution in [0.15, 0.2) is 199 Å². The summed E-state index contributed by atoms with van der Waals surface area (Å²) in [5.41, 5.74) is 7.47. The van der Waals surface area contributed by atoms with Crippen molar-refractivity contribution < 1.29 is 4.42 Å². The average molecular weight is 765 g/mol. The third kappa shape index (κ3) is 5.03. The van der Waals surface area contributed by atoms with Gasteiger partial charge in [0.15, 0.2) is 23.1 Å². The minimum Gasteiger partial charge on any atom is -0.454 e. The second-order valence-corrected chi connectivity index (χ2v) is 15.6. The lowest BCUT2D eigenvalue weighted by molar-refractivity contribution is 0.666. The largest absolute Gasteiger partial charge is 0.454 e. The van der Waals surface area contributed by atoms with Gasteiger partial charge in [0.05, 0.1) is 16.7 Å². The summed E-state index contributed by atoms with van der Waals surface area (Å²) in [6.45, 7) is 0. The van der Waals surface area contributed by atoms with Crippen LogP contribution < -0.4 is 0 Å². The van der Waals surface area contributed by atoms with Gasteiger partial charge in [-0.25, -0.2) is 15.0 Å². The summed E-state index contributed by atoms with van der Waals surface area (Å²) >= 11 is 0. The van der Waals surface area contributed by atoms with Crippen LogP contribution in [-0.2, 0) is 0 Å². The highest BCUT2D eigenvalue weighted by atomic mass is 16.3. The summed E-state index contributed by atoms with van der Waals surface area (Å²) in [5.74, 6) is 1.81. The molecule has 3 aromatic heterocycles. The first-order valence-corrected chi connectivity index (χ1v) is 20.3. The lowest BCUT2D eigenvalue weighted by atomic mass is 10.0. The Morgan fingerprint density at radius 3 is 1.52 bits per heavy atom. The molecule has 60 heavy (non-hydrogen) atoms. The molecule has 0 unspecified atom stereocenters. The fraction of sp³-hybridized carbons (Fsp3) is 0. The maximum Gasteiger partial charge on any atom is 0.164 e. The fourth-order valence-electron chi connectivity index (χ4n) is 9.26. The van der Waals surface area contributed by atoms with Gasteiger partial charge < -0.3 is 8.98 Å². The van der Waals surface area contributed by atoms with Crippen molar-refractivity contribution in [2.24, 2.45) is 0 Å². The molecule has 0 aliphatic carbocycles. The van der Waals surface area contributed by atoms with Crippen molar-refractivity contribution in [1.82, 2.24) is 19.5 Å². The Labute approximate surface area is 343 Å². The molecule has 0 radical (unpaired) electrons. The van der Waals surface area contributed by atoms with Crippen molar-refractivity contribution in [2.75, 3.05) is 0 Å². The second kappa shape index (κ2) is 12.7. The summed E-state index contributed by atoms with van der Waals surface area (Å²) in [5, 5.41) is 13.7. The first-order chi connectivity index (χ1) is 29.7. The minimum atomic E-state index is 0.584. The van der Waals surface area contributed by atoms with E-state index in [1.54, 1.807) is 0 Å². The van der Waals surface area contributed by atoms with Crippen molar-refractivity contribution in [2.45, 2.75) is 0 Å². The number of nitrogens with zero attached hydrogens (tertiary/aromatic N) is 4. The van der Waals surface area contributed by atoms with Crippen LogP contribution in [0.2, 0.25) is 0 Å². The highest BCUT2D eigenvalue weighted by molar-refractivity contribution is 6.22. The van der Waals surface area contributed by atoms with E-state index >= 15 is 0 Å². The molecule has 13 aromatic rings. The predicted octanol–water partition coefficient (Wildman–Crippen LogP) is 14.5. The van der Waals surface area contributed by atoms with E-state index in [1.807, 2.05) is 0 Å². The van der Waals surface area contributed by atoms with Gasteiger partial charge >= 0.3 is 0 Å². The number of aromatic nitrogens is 4. The Morgan fingerprint density at radius 2 is 0.850 bits per heavy atom. The average Bonchev–Trinajstić information content (AvgIpc) is 3.85. The zero-order chi connectivity index (χ0) is 39.3. The van der Waals surface area contributed by atoms with E-state index in [4.69, 9.17) is 19.4 Å². The van der Waals surface area contributed by atoms with Crippen molar-refractivity contribution in [3.63, 3.8) is 0 Å². The second-order valence-electron chi connectivity index (χ2n) is 15.6. The highest BCUT2D eigenvalue weighted by Crippen LogP contribution is 2.43. The molecule has 5 nitrogen and oxygen atoms in total.